The zero-order valence-electron chi connectivity index (χ0n) is 17.2. The summed E-state index contributed by atoms with van der Waals surface area (Å²) in [6.07, 6.45) is 17.2. The fourth-order valence-electron chi connectivity index (χ4n) is 3.80. The molecule has 0 spiro atoms. The van der Waals surface area contributed by atoms with Crippen molar-refractivity contribution in [2.45, 2.75) is 104 Å². The van der Waals surface area contributed by atoms with E-state index in [9.17, 15) is 4.79 Å². The van der Waals surface area contributed by atoms with Gasteiger partial charge in [-0.05, 0) is 51.7 Å². The maximum atomic E-state index is 12.6. The largest absolute Gasteiger partial charge is 0.343 e. The highest BCUT2D eigenvalue weighted by Crippen LogP contribution is 2.11. The average Bonchev–Trinajstić information content (AvgIpc) is 3.13. The molecule has 1 heterocycles. The molecule has 0 bridgehead atoms. The highest BCUT2D eigenvalue weighted by atomic mass is 16.2. The van der Waals surface area contributed by atoms with Crippen LogP contribution in [0.4, 0.5) is 0 Å². The first-order valence-electron chi connectivity index (χ1n) is 11.3. The third-order valence-corrected chi connectivity index (χ3v) is 5.48. The quantitative estimate of drug-likeness (QED) is 0.336. The Morgan fingerprint density at radius 1 is 0.760 bits per heavy atom. The Hall–Kier alpha value is -0.570. The predicted molar refractivity (Wildman–Crippen MR) is 109 cm³/mol. The van der Waals surface area contributed by atoms with Crippen LogP contribution in [0.15, 0.2) is 0 Å². The molecule has 0 radical (unpaired) electrons. The normalized spacial score (nSPS) is 15.0. The number of nitrogens with zero attached hydrogens (tertiary/aromatic N) is 2. The van der Waals surface area contributed by atoms with Gasteiger partial charge in [0.2, 0.25) is 5.91 Å². The number of carbonyl (C=O) groups excluding carboxylic acids is 1. The summed E-state index contributed by atoms with van der Waals surface area (Å²) in [7, 11) is 0. The molecule has 1 amide bonds. The first kappa shape index (κ1) is 22.5. The lowest BCUT2D eigenvalue weighted by atomic mass is 10.1. The summed E-state index contributed by atoms with van der Waals surface area (Å²) < 4.78 is 0. The molecule has 0 aromatic carbocycles. The number of unbranched alkanes of at least 4 members (excludes halogenated alkanes) is 8. The Labute approximate surface area is 157 Å². The third kappa shape index (κ3) is 11.6. The second kappa shape index (κ2) is 15.7. The van der Waals surface area contributed by atoms with Gasteiger partial charge >= 0.3 is 0 Å². The van der Waals surface area contributed by atoms with Crippen LogP contribution >= 0.6 is 0 Å². The molecule has 3 heteroatoms. The minimum absolute atomic E-state index is 0.411. The molecule has 148 valence electrons. The summed E-state index contributed by atoms with van der Waals surface area (Å²) in [4.78, 5) is 17.4. The van der Waals surface area contributed by atoms with E-state index in [4.69, 9.17) is 0 Å². The zero-order valence-corrected chi connectivity index (χ0v) is 17.2. The molecule has 1 aliphatic heterocycles. The van der Waals surface area contributed by atoms with Gasteiger partial charge < -0.3 is 9.80 Å². The van der Waals surface area contributed by atoms with Gasteiger partial charge in [0.25, 0.3) is 0 Å². The van der Waals surface area contributed by atoms with Crippen molar-refractivity contribution in [2.24, 2.45) is 0 Å². The maximum Gasteiger partial charge on any atom is 0.222 e. The van der Waals surface area contributed by atoms with Crippen molar-refractivity contribution in [3.63, 3.8) is 0 Å². The van der Waals surface area contributed by atoms with E-state index in [2.05, 4.69) is 23.6 Å². The summed E-state index contributed by atoms with van der Waals surface area (Å²) >= 11 is 0. The summed E-state index contributed by atoms with van der Waals surface area (Å²) in [5.41, 5.74) is 0. The first-order chi connectivity index (χ1) is 12.3. The number of amides is 1. The molecule has 0 atom stereocenters. The van der Waals surface area contributed by atoms with Crippen molar-refractivity contribution in [3.05, 3.63) is 0 Å². The van der Waals surface area contributed by atoms with Crippen LogP contribution in [-0.2, 0) is 4.79 Å². The van der Waals surface area contributed by atoms with Crippen molar-refractivity contribution in [2.75, 3.05) is 32.7 Å². The van der Waals surface area contributed by atoms with Crippen molar-refractivity contribution in [1.29, 1.82) is 0 Å². The van der Waals surface area contributed by atoms with Gasteiger partial charge in [-0.3, -0.25) is 4.79 Å². The molecular formula is C22H44N2O. The van der Waals surface area contributed by atoms with Gasteiger partial charge in [0.15, 0.2) is 0 Å². The Kier molecular flexibility index (Phi) is 14.1. The molecule has 1 rings (SSSR count). The van der Waals surface area contributed by atoms with Crippen LogP contribution in [0.5, 0.6) is 0 Å². The van der Waals surface area contributed by atoms with Gasteiger partial charge in [-0.15, -0.1) is 0 Å². The van der Waals surface area contributed by atoms with Crippen LogP contribution < -0.4 is 0 Å². The summed E-state index contributed by atoms with van der Waals surface area (Å²) in [6, 6.07) is 0. The van der Waals surface area contributed by atoms with E-state index in [1.807, 2.05) is 0 Å². The lowest BCUT2D eigenvalue weighted by Gasteiger charge is -2.24. The minimum atomic E-state index is 0.411. The van der Waals surface area contributed by atoms with Gasteiger partial charge in [-0.2, -0.15) is 0 Å². The van der Waals surface area contributed by atoms with Crippen molar-refractivity contribution in [3.8, 4) is 0 Å². The Bertz CT molecular complexity index is 313. The van der Waals surface area contributed by atoms with E-state index < -0.39 is 0 Å². The Morgan fingerprint density at radius 2 is 1.32 bits per heavy atom. The molecule has 3 nitrogen and oxygen atoms in total. The third-order valence-electron chi connectivity index (χ3n) is 5.48. The highest BCUT2D eigenvalue weighted by Gasteiger charge is 2.15. The van der Waals surface area contributed by atoms with Crippen LogP contribution in [0.1, 0.15) is 104 Å². The van der Waals surface area contributed by atoms with Gasteiger partial charge in [0, 0.05) is 19.5 Å². The number of likely N-dealkylation sites (tertiary alicyclic amines) is 1. The van der Waals surface area contributed by atoms with E-state index >= 15 is 0 Å². The van der Waals surface area contributed by atoms with Gasteiger partial charge in [-0.25, -0.2) is 0 Å². The number of rotatable bonds is 16. The van der Waals surface area contributed by atoms with Crippen molar-refractivity contribution < 1.29 is 4.79 Å². The summed E-state index contributed by atoms with van der Waals surface area (Å²) in [5, 5.41) is 0. The first-order valence-corrected chi connectivity index (χ1v) is 11.3. The molecule has 0 unspecified atom stereocenters. The Balaban J connectivity index is 2.24. The zero-order chi connectivity index (χ0) is 18.2. The minimum Gasteiger partial charge on any atom is -0.343 e. The average molecular weight is 353 g/mol. The number of carbonyl (C=O) groups is 1. The molecule has 0 aliphatic carbocycles. The molecule has 0 aromatic heterocycles. The van der Waals surface area contributed by atoms with Crippen LogP contribution in [0.2, 0.25) is 0 Å². The second-order valence-electron chi connectivity index (χ2n) is 7.86. The van der Waals surface area contributed by atoms with E-state index in [1.165, 1.54) is 90.3 Å². The summed E-state index contributed by atoms with van der Waals surface area (Å²) in [6.45, 7) is 10.2. The van der Waals surface area contributed by atoms with Crippen LogP contribution in [0, 0.1) is 0 Å². The SMILES string of the molecule is CCCCCCCC(=O)N(CCCCCCC)CCCN1CCCC1. The molecule has 1 saturated heterocycles. The topological polar surface area (TPSA) is 23.6 Å². The van der Waals surface area contributed by atoms with Crippen LogP contribution in [0.25, 0.3) is 0 Å². The van der Waals surface area contributed by atoms with Crippen molar-refractivity contribution >= 4 is 5.91 Å². The van der Waals surface area contributed by atoms with Crippen LogP contribution in [0.3, 0.4) is 0 Å². The monoisotopic (exact) mass is 352 g/mol. The second-order valence-corrected chi connectivity index (χ2v) is 7.86. The van der Waals surface area contributed by atoms with Crippen LogP contribution in [-0.4, -0.2) is 48.4 Å². The van der Waals surface area contributed by atoms with E-state index in [0.717, 1.165) is 32.4 Å². The van der Waals surface area contributed by atoms with E-state index in [0.29, 0.717) is 5.91 Å². The number of hydrogen-bond acceptors (Lipinski definition) is 2. The molecule has 0 aromatic rings. The highest BCUT2D eigenvalue weighted by molar-refractivity contribution is 5.76. The molecular weight excluding hydrogens is 308 g/mol. The maximum absolute atomic E-state index is 12.6. The molecule has 0 N–H and O–H groups in total. The molecule has 1 fully saturated rings. The fraction of sp³-hybridized carbons (Fsp3) is 0.955. The number of hydrogen-bond donors (Lipinski definition) is 0. The van der Waals surface area contributed by atoms with Gasteiger partial charge in [0.05, 0.1) is 0 Å². The van der Waals surface area contributed by atoms with Gasteiger partial charge in [-0.1, -0.05) is 65.2 Å². The van der Waals surface area contributed by atoms with Gasteiger partial charge in [0.1, 0.15) is 0 Å². The van der Waals surface area contributed by atoms with Crippen molar-refractivity contribution in [1.82, 2.24) is 9.80 Å². The fourth-order valence-corrected chi connectivity index (χ4v) is 3.80. The standard InChI is InChI=1S/C22H44N2O/c1-3-5-7-9-11-16-22(25)24(20-12-10-8-6-4-2)21-15-19-23-17-13-14-18-23/h3-21H2,1-2H3. The summed E-state index contributed by atoms with van der Waals surface area (Å²) in [5.74, 6) is 0.411. The molecule has 0 saturated carbocycles. The Morgan fingerprint density at radius 3 is 1.96 bits per heavy atom. The predicted octanol–water partition coefficient (Wildman–Crippen LogP) is 5.63. The lowest BCUT2D eigenvalue weighted by molar-refractivity contribution is -0.131. The van der Waals surface area contributed by atoms with E-state index in [1.54, 1.807) is 0 Å². The molecule has 1 aliphatic rings. The lowest BCUT2D eigenvalue weighted by Crippen LogP contribution is -2.34. The van der Waals surface area contributed by atoms with E-state index in [-0.39, 0.29) is 0 Å². The smallest absolute Gasteiger partial charge is 0.222 e. The molecule has 25 heavy (non-hydrogen) atoms.